The second-order valence-electron chi connectivity index (χ2n) is 10.3. The van der Waals surface area contributed by atoms with Crippen molar-refractivity contribution in [3.05, 3.63) is 59.4 Å². The number of hydrogen-bond donors (Lipinski definition) is 1. The molecule has 0 saturated heterocycles. The molecule has 1 N–H and O–H groups in total. The molecule has 0 aromatic heterocycles. The van der Waals surface area contributed by atoms with Crippen LogP contribution in [-0.4, -0.2) is 26.8 Å². The molecule has 4 aliphatic rings. The van der Waals surface area contributed by atoms with E-state index in [0.29, 0.717) is 23.3 Å². The summed E-state index contributed by atoms with van der Waals surface area (Å²) in [4.78, 5) is 25.6. The zero-order valence-electron chi connectivity index (χ0n) is 19.1. The van der Waals surface area contributed by atoms with Crippen LogP contribution in [0.1, 0.15) is 54.4 Å². The first-order valence-corrected chi connectivity index (χ1v) is 13.2. The van der Waals surface area contributed by atoms with Crippen LogP contribution in [0.4, 0.5) is 10.1 Å². The molecule has 0 unspecified atom stereocenters. The Kier molecular flexibility index (Phi) is 5.74. The lowest BCUT2D eigenvalue weighted by molar-refractivity contribution is -0.147. The summed E-state index contributed by atoms with van der Waals surface area (Å²) in [5.74, 6) is 0.540. The number of Topliss-reactive ketones (excluding diaryl/α,β-unsaturated/α-hetero) is 1. The Morgan fingerprint density at radius 3 is 2.32 bits per heavy atom. The van der Waals surface area contributed by atoms with E-state index in [1.165, 1.54) is 55.7 Å². The topological polar surface area (TPSA) is 89.5 Å². The van der Waals surface area contributed by atoms with Gasteiger partial charge < -0.3 is 4.74 Å². The molecule has 4 fully saturated rings. The van der Waals surface area contributed by atoms with Crippen LogP contribution in [0.3, 0.4) is 0 Å². The van der Waals surface area contributed by atoms with Crippen molar-refractivity contribution in [2.45, 2.75) is 50.3 Å². The highest BCUT2D eigenvalue weighted by atomic mass is 32.2. The van der Waals surface area contributed by atoms with E-state index in [1.54, 1.807) is 6.92 Å². The number of benzene rings is 2. The van der Waals surface area contributed by atoms with E-state index in [0.717, 1.165) is 25.3 Å². The van der Waals surface area contributed by atoms with Crippen LogP contribution in [0.5, 0.6) is 0 Å². The molecule has 4 saturated carbocycles. The number of ether oxygens (including phenoxy) is 1. The zero-order valence-corrected chi connectivity index (χ0v) is 19.9. The third-order valence-electron chi connectivity index (χ3n) is 7.75. The molecule has 4 aliphatic carbocycles. The zero-order chi connectivity index (χ0) is 24.1. The van der Waals surface area contributed by atoms with Crippen LogP contribution < -0.4 is 4.72 Å². The van der Waals surface area contributed by atoms with Gasteiger partial charge in [0.05, 0.1) is 10.5 Å². The third-order valence-corrected chi connectivity index (χ3v) is 9.28. The van der Waals surface area contributed by atoms with Gasteiger partial charge in [-0.1, -0.05) is 12.1 Å². The number of carbonyl (C=O) groups excluding carboxylic acids is 2. The molecule has 0 atom stereocenters. The van der Waals surface area contributed by atoms with Crippen molar-refractivity contribution in [2.24, 2.45) is 23.2 Å². The van der Waals surface area contributed by atoms with E-state index in [9.17, 15) is 22.4 Å². The van der Waals surface area contributed by atoms with Crippen LogP contribution in [0.25, 0.3) is 0 Å². The van der Waals surface area contributed by atoms with Crippen LogP contribution in [0, 0.1) is 35.9 Å². The predicted molar refractivity (Wildman–Crippen MR) is 124 cm³/mol. The molecule has 4 bridgehead atoms. The highest BCUT2D eigenvalue weighted by Gasteiger charge is 2.54. The summed E-state index contributed by atoms with van der Waals surface area (Å²) in [7, 11) is -4.06. The van der Waals surface area contributed by atoms with E-state index < -0.39 is 21.8 Å². The molecule has 0 aliphatic heterocycles. The number of anilines is 1. The van der Waals surface area contributed by atoms with Gasteiger partial charge in [-0.25, -0.2) is 17.6 Å². The summed E-state index contributed by atoms with van der Waals surface area (Å²) >= 11 is 0. The quantitative estimate of drug-likeness (QED) is 0.565. The Labute approximate surface area is 198 Å². The van der Waals surface area contributed by atoms with E-state index in [2.05, 4.69) is 4.72 Å². The summed E-state index contributed by atoms with van der Waals surface area (Å²) in [5.41, 5.74) is 0.336. The van der Waals surface area contributed by atoms with Crippen molar-refractivity contribution < 1.29 is 27.1 Å². The molecular formula is C26H28FNO5S. The van der Waals surface area contributed by atoms with E-state index >= 15 is 0 Å². The number of rotatable bonds is 7. The van der Waals surface area contributed by atoms with Gasteiger partial charge in [-0.3, -0.25) is 9.52 Å². The highest BCUT2D eigenvalue weighted by Crippen LogP contribution is 2.60. The van der Waals surface area contributed by atoms with Crippen LogP contribution in [-0.2, 0) is 19.6 Å². The van der Waals surface area contributed by atoms with Crippen LogP contribution in [0.15, 0.2) is 47.4 Å². The van der Waals surface area contributed by atoms with E-state index in [1.807, 2.05) is 0 Å². The van der Waals surface area contributed by atoms with Crippen LogP contribution in [0.2, 0.25) is 0 Å². The smallest absolute Gasteiger partial charge is 0.338 e. The predicted octanol–water partition coefficient (Wildman–Crippen LogP) is 4.88. The summed E-state index contributed by atoms with van der Waals surface area (Å²) in [5, 5.41) is 0. The molecule has 2 aromatic rings. The van der Waals surface area contributed by atoms with Gasteiger partial charge >= 0.3 is 5.97 Å². The van der Waals surface area contributed by atoms with Crippen molar-refractivity contribution >= 4 is 27.5 Å². The second kappa shape index (κ2) is 8.48. The number of esters is 1. The number of sulfonamides is 1. The minimum Gasteiger partial charge on any atom is -0.454 e. The van der Waals surface area contributed by atoms with Crippen molar-refractivity contribution in [2.75, 3.05) is 11.3 Å². The molecule has 34 heavy (non-hydrogen) atoms. The lowest BCUT2D eigenvalue weighted by atomic mass is 9.48. The standard InChI is InChI=1S/C26H28FNO5S/c1-16-5-6-21(27)11-23(16)34(31,32)28-22-4-2-3-20(10-22)25(30)33-15-24(29)26-12-17-7-18(13-26)9-19(8-17)14-26/h2-6,10-11,17-19,28H,7-9,12-15H2,1H3. The highest BCUT2D eigenvalue weighted by molar-refractivity contribution is 7.92. The number of aryl methyl sites for hydroxylation is 1. The molecule has 6 rings (SSSR count). The van der Waals surface area contributed by atoms with Gasteiger partial charge in [-0.2, -0.15) is 0 Å². The lowest BCUT2D eigenvalue weighted by Crippen LogP contribution is -2.51. The van der Waals surface area contributed by atoms with Crippen molar-refractivity contribution in [3.63, 3.8) is 0 Å². The van der Waals surface area contributed by atoms with Gasteiger partial charge in [0.25, 0.3) is 10.0 Å². The van der Waals surface area contributed by atoms with E-state index in [4.69, 9.17) is 4.74 Å². The molecule has 180 valence electrons. The van der Waals surface area contributed by atoms with Gasteiger partial charge in [-0.15, -0.1) is 0 Å². The number of ketones is 1. The van der Waals surface area contributed by atoms with Crippen LogP contribution >= 0.6 is 0 Å². The summed E-state index contributed by atoms with van der Waals surface area (Å²) in [6.07, 6.45) is 6.41. The average molecular weight is 486 g/mol. The first kappa shape index (κ1) is 23.0. The van der Waals surface area contributed by atoms with Gasteiger partial charge in [0.2, 0.25) is 0 Å². The maximum absolute atomic E-state index is 13.6. The average Bonchev–Trinajstić information content (AvgIpc) is 2.77. The minimum absolute atomic E-state index is 0.0124. The Morgan fingerprint density at radius 2 is 1.68 bits per heavy atom. The van der Waals surface area contributed by atoms with E-state index in [-0.39, 0.29) is 34.0 Å². The summed E-state index contributed by atoms with van der Waals surface area (Å²) in [6.45, 7) is 1.31. The van der Waals surface area contributed by atoms with Gasteiger partial charge in [0.1, 0.15) is 5.82 Å². The monoisotopic (exact) mass is 485 g/mol. The maximum atomic E-state index is 13.6. The van der Waals surface area contributed by atoms with Gasteiger partial charge in [0.15, 0.2) is 12.4 Å². The molecule has 0 spiro atoms. The Morgan fingerprint density at radius 1 is 1.03 bits per heavy atom. The SMILES string of the molecule is Cc1ccc(F)cc1S(=O)(=O)Nc1cccc(C(=O)OCC(=O)C23CC4CC(CC(C4)C2)C3)c1. The number of nitrogens with one attached hydrogen (secondary N) is 1. The fourth-order valence-corrected chi connectivity index (χ4v) is 7.91. The van der Waals surface area contributed by atoms with Crippen molar-refractivity contribution in [1.82, 2.24) is 0 Å². The first-order valence-electron chi connectivity index (χ1n) is 11.7. The molecule has 0 radical (unpaired) electrons. The molecule has 0 amide bonds. The molecule has 0 heterocycles. The molecule has 6 nitrogen and oxygen atoms in total. The third kappa shape index (κ3) is 4.35. The molecule has 8 heteroatoms. The lowest BCUT2D eigenvalue weighted by Gasteiger charge is -2.55. The Balaban J connectivity index is 1.25. The normalized spacial score (nSPS) is 27.4. The molecule has 2 aromatic carbocycles. The van der Waals surface area contributed by atoms with Gasteiger partial charge in [-0.05, 0) is 99.1 Å². The maximum Gasteiger partial charge on any atom is 0.338 e. The Bertz CT molecular complexity index is 1220. The second-order valence-corrected chi connectivity index (χ2v) is 11.9. The largest absolute Gasteiger partial charge is 0.454 e. The fourth-order valence-electron chi connectivity index (χ4n) is 6.60. The van der Waals surface area contributed by atoms with Gasteiger partial charge in [0, 0.05) is 11.1 Å². The first-order chi connectivity index (χ1) is 16.1. The summed E-state index contributed by atoms with van der Waals surface area (Å²) < 4.78 is 46.8. The molecular weight excluding hydrogens is 457 g/mol. The summed E-state index contributed by atoms with van der Waals surface area (Å²) in [6, 6.07) is 9.39. The number of carbonyl (C=O) groups is 2. The number of halogens is 1. The van der Waals surface area contributed by atoms with Crippen molar-refractivity contribution in [1.29, 1.82) is 0 Å². The fraction of sp³-hybridized carbons (Fsp3) is 0.462. The minimum atomic E-state index is -4.06. The number of hydrogen-bond acceptors (Lipinski definition) is 5. The van der Waals surface area contributed by atoms with Crippen molar-refractivity contribution in [3.8, 4) is 0 Å². The Hall–Kier alpha value is -2.74.